The van der Waals surface area contributed by atoms with E-state index in [1.165, 1.54) is 13.8 Å². The number of aliphatic hydroxyl groups is 4. The lowest BCUT2D eigenvalue weighted by molar-refractivity contribution is -0.133. The summed E-state index contributed by atoms with van der Waals surface area (Å²) in [5, 5.41) is 41.8. The maximum atomic E-state index is 12.1. The van der Waals surface area contributed by atoms with Crippen LogP contribution in [0.5, 0.6) is 0 Å². The standard InChI is InChI=1S/C19H31NO5/c1-6-18(3,4)13-7-9-14(10-8-13)20-19(5,12(2)22)17(25)16(24)15(23)11-21/h7-10,15-17,20-21,23-25H,6,11H2,1-5H3/t15-,16-,17+,19+/m1/s1. The number of hydrogen-bond donors (Lipinski definition) is 5. The first-order chi connectivity index (χ1) is 11.5. The summed E-state index contributed by atoms with van der Waals surface area (Å²) in [6.45, 7) is 8.44. The highest BCUT2D eigenvalue weighted by Crippen LogP contribution is 2.29. The molecule has 0 bridgehead atoms. The smallest absolute Gasteiger partial charge is 0.157 e. The number of ketones is 1. The summed E-state index contributed by atoms with van der Waals surface area (Å²) in [5.41, 5.74) is 0.278. The van der Waals surface area contributed by atoms with Crippen LogP contribution >= 0.6 is 0 Å². The highest BCUT2D eigenvalue weighted by molar-refractivity contribution is 5.89. The Bertz CT molecular complexity index is 572. The molecule has 0 radical (unpaired) electrons. The Balaban J connectivity index is 3.07. The van der Waals surface area contributed by atoms with Crippen LogP contribution in [0, 0.1) is 0 Å². The zero-order valence-electron chi connectivity index (χ0n) is 15.7. The third-order valence-electron chi connectivity index (χ3n) is 5.18. The largest absolute Gasteiger partial charge is 0.394 e. The van der Waals surface area contributed by atoms with Gasteiger partial charge in [-0.25, -0.2) is 0 Å². The Morgan fingerprint density at radius 3 is 2.04 bits per heavy atom. The highest BCUT2D eigenvalue weighted by Gasteiger charge is 2.44. The van der Waals surface area contributed by atoms with Crippen LogP contribution in [0.1, 0.15) is 46.6 Å². The summed E-state index contributed by atoms with van der Waals surface area (Å²) >= 11 is 0. The minimum absolute atomic E-state index is 0.0311. The van der Waals surface area contributed by atoms with Gasteiger partial charge < -0.3 is 25.7 Å². The number of nitrogens with one attached hydrogen (secondary N) is 1. The maximum absolute atomic E-state index is 12.1. The fourth-order valence-corrected chi connectivity index (χ4v) is 2.54. The molecule has 1 aromatic rings. The first-order valence-corrected chi connectivity index (χ1v) is 8.54. The average molecular weight is 353 g/mol. The van der Waals surface area contributed by atoms with Gasteiger partial charge >= 0.3 is 0 Å². The number of benzene rings is 1. The topological polar surface area (TPSA) is 110 Å². The molecule has 5 N–H and O–H groups in total. The first kappa shape index (κ1) is 21.6. The van der Waals surface area contributed by atoms with Crippen molar-refractivity contribution in [1.29, 1.82) is 0 Å². The van der Waals surface area contributed by atoms with Gasteiger partial charge in [-0.15, -0.1) is 0 Å². The average Bonchev–Trinajstić information content (AvgIpc) is 2.59. The number of hydrogen-bond acceptors (Lipinski definition) is 6. The van der Waals surface area contributed by atoms with Gasteiger partial charge in [-0.3, -0.25) is 4.79 Å². The van der Waals surface area contributed by atoms with Crippen molar-refractivity contribution in [2.45, 2.75) is 70.3 Å². The Hall–Kier alpha value is -1.47. The monoisotopic (exact) mass is 353 g/mol. The summed E-state index contributed by atoms with van der Waals surface area (Å²) in [4.78, 5) is 12.1. The van der Waals surface area contributed by atoms with Crippen LogP contribution in [-0.2, 0) is 10.2 Å². The van der Waals surface area contributed by atoms with Gasteiger partial charge in [-0.1, -0.05) is 32.9 Å². The molecule has 0 amide bonds. The van der Waals surface area contributed by atoms with E-state index in [2.05, 4.69) is 26.1 Å². The molecule has 0 saturated carbocycles. The summed E-state index contributed by atoms with van der Waals surface area (Å²) in [6, 6.07) is 7.54. The maximum Gasteiger partial charge on any atom is 0.157 e. The van der Waals surface area contributed by atoms with Crippen molar-refractivity contribution in [2.24, 2.45) is 0 Å². The van der Waals surface area contributed by atoms with Crippen molar-refractivity contribution in [3.63, 3.8) is 0 Å². The van der Waals surface area contributed by atoms with E-state index in [0.29, 0.717) is 5.69 Å². The van der Waals surface area contributed by atoms with E-state index in [0.717, 1.165) is 12.0 Å². The zero-order chi connectivity index (χ0) is 19.4. The summed E-state index contributed by atoms with van der Waals surface area (Å²) in [5.74, 6) is -0.401. The van der Waals surface area contributed by atoms with Crippen LogP contribution in [0.2, 0.25) is 0 Å². The van der Waals surface area contributed by atoms with Crippen LogP contribution in [0.3, 0.4) is 0 Å². The molecule has 0 aliphatic carbocycles. The van der Waals surface area contributed by atoms with E-state index < -0.39 is 36.2 Å². The summed E-state index contributed by atoms with van der Waals surface area (Å²) in [7, 11) is 0. The zero-order valence-corrected chi connectivity index (χ0v) is 15.7. The lowest BCUT2D eigenvalue weighted by atomic mass is 9.82. The van der Waals surface area contributed by atoms with Crippen molar-refractivity contribution in [1.82, 2.24) is 0 Å². The molecular weight excluding hydrogens is 322 g/mol. The van der Waals surface area contributed by atoms with E-state index in [-0.39, 0.29) is 5.41 Å². The number of carbonyl (C=O) groups excluding carboxylic acids is 1. The lowest BCUT2D eigenvalue weighted by Crippen LogP contribution is -2.59. The molecule has 1 rings (SSSR count). The Morgan fingerprint density at radius 2 is 1.64 bits per heavy atom. The number of aliphatic hydroxyl groups excluding tert-OH is 4. The molecule has 4 atom stereocenters. The van der Waals surface area contributed by atoms with Crippen molar-refractivity contribution < 1.29 is 25.2 Å². The third kappa shape index (κ3) is 4.79. The fraction of sp³-hybridized carbons (Fsp3) is 0.632. The second-order valence-corrected chi connectivity index (χ2v) is 7.38. The second-order valence-electron chi connectivity index (χ2n) is 7.38. The Labute approximate surface area is 149 Å². The molecule has 0 unspecified atom stereocenters. The number of carbonyl (C=O) groups is 1. The second kappa shape index (κ2) is 8.27. The third-order valence-corrected chi connectivity index (χ3v) is 5.18. The molecule has 0 saturated heterocycles. The van der Waals surface area contributed by atoms with Gasteiger partial charge in [-0.05, 0) is 43.4 Å². The first-order valence-electron chi connectivity index (χ1n) is 8.54. The van der Waals surface area contributed by atoms with E-state index in [1.807, 2.05) is 24.3 Å². The molecule has 0 aliphatic rings. The van der Waals surface area contributed by atoms with Gasteiger partial charge in [0.2, 0.25) is 0 Å². The van der Waals surface area contributed by atoms with E-state index in [9.17, 15) is 20.1 Å². The van der Waals surface area contributed by atoms with Gasteiger partial charge in [0.15, 0.2) is 5.78 Å². The van der Waals surface area contributed by atoms with E-state index >= 15 is 0 Å². The predicted molar refractivity (Wildman–Crippen MR) is 97.6 cm³/mol. The fourth-order valence-electron chi connectivity index (χ4n) is 2.54. The normalized spacial score (nSPS) is 18.1. The van der Waals surface area contributed by atoms with Gasteiger partial charge in [0, 0.05) is 5.69 Å². The predicted octanol–water partition coefficient (Wildman–Crippen LogP) is 1.21. The van der Waals surface area contributed by atoms with Crippen molar-refractivity contribution in [3.05, 3.63) is 29.8 Å². The van der Waals surface area contributed by atoms with Crippen LogP contribution in [0.15, 0.2) is 24.3 Å². The SMILES string of the molecule is CCC(C)(C)c1ccc(N[C@@](C)(C(C)=O)[C@@H](O)[C@H](O)[C@H](O)CO)cc1. The van der Waals surface area contributed by atoms with Crippen LogP contribution in [-0.4, -0.2) is 56.7 Å². The molecule has 0 fully saturated rings. The summed E-state index contributed by atoms with van der Waals surface area (Å²) in [6.07, 6.45) is -3.82. The molecule has 1 aromatic carbocycles. The molecule has 0 aliphatic heterocycles. The van der Waals surface area contributed by atoms with Crippen LogP contribution < -0.4 is 5.32 Å². The van der Waals surface area contributed by atoms with E-state index in [1.54, 1.807) is 0 Å². The van der Waals surface area contributed by atoms with Gasteiger partial charge in [-0.2, -0.15) is 0 Å². The quantitative estimate of drug-likeness (QED) is 0.456. The molecule has 0 spiro atoms. The number of anilines is 1. The number of Topliss-reactive ketones (excluding diaryl/α,β-unsaturated/α-hetero) is 1. The minimum Gasteiger partial charge on any atom is -0.394 e. The Morgan fingerprint density at radius 1 is 1.12 bits per heavy atom. The Kier molecular flexibility index (Phi) is 7.14. The van der Waals surface area contributed by atoms with Crippen molar-refractivity contribution in [3.8, 4) is 0 Å². The summed E-state index contributed by atoms with van der Waals surface area (Å²) < 4.78 is 0. The van der Waals surface area contributed by atoms with Gasteiger partial charge in [0.1, 0.15) is 23.9 Å². The molecule has 0 heterocycles. The molecule has 6 nitrogen and oxygen atoms in total. The minimum atomic E-state index is -1.66. The molecule has 0 aromatic heterocycles. The van der Waals surface area contributed by atoms with Crippen molar-refractivity contribution in [2.75, 3.05) is 11.9 Å². The molecule has 25 heavy (non-hydrogen) atoms. The van der Waals surface area contributed by atoms with Crippen LogP contribution in [0.4, 0.5) is 5.69 Å². The van der Waals surface area contributed by atoms with Crippen LogP contribution in [0.25, 0.3) is 0 Å². The van der Waals surface area contributed by atoms with Gasteiger partial charge in [0.05, 0.1) is 6.61 Å². The molecule has 6 heteroatoms. The van der Waals surface area contributed by atoms with E-state index in [4.69, 9.17) is 5.11 Å². The lowest BCUT2D eigenvalue weighted by Gasteiger charge is -2.37. The molecule has 142 valence electrons. The highest BCUT2D eigenvalue weighted by atomic mass is 16.4. The van der Waals surface area contributed by atoms with Crippen molar-refractivity contribution >= 4 is 11.5 Å². The number of rotatable bonds is 9. The molecular formula is C19H31NO5. The van der Waals surface area contributed by atoms with Gasteiger partial charge in [0.25, 0.3) is 0 Å².